The van der Waals surface area contributed by atoms with E-state index in [1.807, 2.05) is 24.4 Å². The average Bonchev–Trinajstić information content (AvgIpc) is 2.63. The highest BCUT2D eigenvalue weighted by atomic mass is 16.5. The molecule has 2 bridgehead atoms. The first-order valence-electron chi connectivity index (χ1n) is 9.22. The Bertz CT molecular complexity index is 663. The smallest absolute Gasteiger partial charge is 0.0683 e. The lowest BCUT2D eigenvalue weighted by atomic mass is 9.78. The Morgan fingerprint density at radius 2 is 1.76 bits per heavy atom. The van der Waals surface area contributed by atoms with Gasteiger partial charge in [0.15, 0.2) is 0 Å². The lowest BCUT2D eigenvalue weighted by molar-refractivity contribution is -0.148. The summed E-state index contributed by atoms with van der Waals surface area (Å²) in [5, 5.41) is 11.2. The number of hydrogen-bond acceptors (Lipinski definition) is 4. The molecule has 4 rings (SSSR count). The van der Waals surface area contributed by atoms with Gasteiger partial charge in [0.25, 0.3) is 0 Å². The van der Waals surface area contributed by atoms with Crippen molar-refractivity contribution in [1.29, 1.82) is 0 Å². The number of ether oxygens (including phenoxy) is 1. The van der Waals surface area contributed by atoms with E-state index in [2.05, 4.69) is 40.2 Å². The van der Waals surface area contributed by atoms with Crippen LogP contribution in [0.2, 0.25) is 0 Å². The van der Waals surface area contributed by atoms with Gasteiger partial charge in [0.05, 0.1) is 18.8 Å². The predicted molar refractivity (Wildman–Crippen MR) is 97.1 cm³/mol. The largest absolute Gasteiger partial charge is 0.390 e. The van der Waals surface area contributed by atoms with E-state index in [4.69, 9.17) is 4.74 Å². The zero-order valence-corrected chi connectivity index (χ0v) is 14.6. The van der Waals surface area contributed by atoms with E-state index in [1.54, 1.807) is 0 Å². The summed E-state index contributed by atoms with van der Waals surface area (Å²) in [5.74, 6) is 0. The molecule has 25 heavy (non-hydrogen) atoms. The van der Waals surface area contributed by atoms with Gasteiger partial charge < -0.3 is 9.84 Å². The molecule has 4 nitrogen and oxygen atoms in total. The summed E-state index contributed by atoms with van der Waals surface area (Å²) in [4.78, 5) is 6.93. The predicted octanol–water partition coefficient (Wildman–Crippen LogP) is 2.81. The summed E-state index contributed by atoms with van der Waals surface area (Å²) in [7, 11) is 0. The zero-order chi connectivity index (χ0) is 17.1. The van der Waals surface area contributed by atoms with E-state index in [1.165, 1.54) is 5.56 Å². The van der Waals surface area contributed by atoms with Crippen LogP contribution in [-0.4, -0.2) is 45.9 Å². The first kappa shape index (κ1) is 16.7. The van der Waals surface area contributed by atoms with Gasteiger partial charge >= 0.3 is 0 Å². The molecule has 132 valence electrons. The zero-order valence-electron chi connectivity index (χ0n) is 14.6. The molecular weight excluding hydrogens is 312 g/mol. The van der Waals surface area contributed by atoms with Crippen LogP contribution in [0.5, 0.6) is 0 Å². The third-order valence-electron chi connectivity index (χ3n) is 5.57. The normalized spacial score (nSPS) is 29.5. The quantitative estimate of drug-likeness (QED) is 0.911. The summed E-state index contributed by atoms with van der Waals surface area (Å²) >= 11 is 0. The Labute approximate surface area is 149 Å². The van der Waals surface area contributed by atoms with Gasteiger partial charge in [0.1, 0.15) is 0 Å². The molecule has 2 aliphatic rings. The lowest BCUT2D eigenvalue weighted by Gasteiger charge is -2.51. The maximum Gasteiger partial charge on any atom is 0.0683 e. The SMILES string of the molecule is OC1(CCc2ccccn2)CC2COCC(C1)N2Cc1ccccc1. The lowest BCUT2D eigenvalue weighted by Crippen LogP contribution is -2.61. The summed E-state index contributed by atoms with van der Waals surface area (Å²) in [5.41, 5.74) is 1.78. The number of morpholine rings is 1. The van der Waals surface area contributed by atoms with Gasteiger partial charge in [-0.3, -0.25) is 9.88 Å². The molecule has 4 heteroatoms. The van der Waals surface area contributed by atoms with Crippen LogP contribution in [0.1, 0.15) is 30.5 Å². The number of rotatable bonds is 5. The van der Waals surface area contributed by atoms with Gasteiger partial charge in [-0.05, 0) is 43.4 Å². The summed E-state index contributed by atoms with van der Waals surface area (Å²) in [6.07, 6.45) is 4.99. The fourth-order valence-electron chi connectivity index (χ4n) is 4.31. The molecule has 1 aromatic heterocycles. The van der Waals surface area contributed by atoms with Crippen LogP contribution in [0.15, 0.2) is 54.7 Å². The van der Waals surface area contributed by atoms with Gasteiger partial charge in [-0.15, -0.1) is 0 Å². The number of hydrogen-bond donors (Lipinski definition) is 1. The van der Waals surface area contributed by atoms with Gasteiger partial charge in [-0.2, -0.15) is 0 Å². The number of benzene rings is 1. The van der Waals surface area contributed by atoms with E-state index >= 15 is 0 Å². The molecule has 1 aromatic carbocycles. The first-order chi connectivity index (χ1) is 12.2. The topological polar surface area (TPSA) is 45.6 Å². The molecule has 2 aromatic rings. The van der Waals surface area contributed by atoms with Crippen LogP contribution >= 0.6 is 0 Å². The van der Waals surface area contributed by atoms with Gasteiger partial charge in [-0.25, -0.2) is 0 Å². The van der Waals surface area contributed by atoms with Crippen molar-refractivity contribution in [3.8, 4) is 0 Å². The Morgan fingerprint density at radius 1 is 1.04 bits per heavy atom. The Hall–Kier alpha value is -1.75. The van der Waals surface area contributed by atoms with Crippen LogP contribution in [0.4, 0.5) is 0 Å². The van der Waals surface area contributed by atoms with Crippen LogP contribution < -0.4 is 0 Å². The number of aliphatic hydroxyl groups is 1. The third kappa shape index (κ3) is 3.92. The highest BCUT2D eigenvalue weighted by molar-refractivity contribution is 5.16. The molecule has 3 heterocycles. The molecule has 0 amide bonds. The van der Waals surface area contributed by atoms with Crippen molar-refractivity contribution in [3.63, 3.8) is 0 Å². The van der Waals surface area contributed by atoms with Gasteiger partial charge in [0, 0.05) is 30.5 Å². The minimum absolute atomic E-state index is 0.293. The average molecular weight is 338 g/mol. The Kier molecular flexibility index (Phi) is 4.84. The number of nitrogens with zero attached hydrogens (tertiary/aromatic N) is 2. The number of aryl methyl sites for hydroxylation is 1. The molecular formula is C21H26N2O2. The highest BCUT2D eigenvalue weighted by Gasteiger charge is 2.45. The number of fused-ring (bicyclic) bond motifs is 2. The molecule has 1 N–H and O–H groups in total. The molecule has 0 spiro atoms. The van der Waals surface area contributed by atoms with Crippen LogP contribution in [0.25, 0.3) is 0 Å². The summed E-state index contributed by atoms with van der Waals surface area (Å²) in [6, 6.07) is 17.2. The minimum atomic E-state index is -0.607. The van der Waals surface area contributed by atoms with Crippen molar-refractivity contribution >= 4 is 0 Å². The first-order valence-corrected chi connectivity index (χ1v) is 9.22. The van der Waals surface area contributed by atoms with Crippen molar-refractivity contribution in [3.05, 3.63) is 66.0 Å². The Balaban J connectivity index is 1.43. The molecule has 2 unspecified atom stereocenters. The summed E-state index contributed by atoms with van der Waals surface area (Å²) in [6.45, 7) is 2.38. The molecule has 0 aliphatic carbocycles. The monoisotopic (exact) mass is 338 g/mol. The maximum absolute atomic E-state index is 11.2. The molecule has 2 atom stereocenters. The van der Waals surface area contributed by atoms with E-state index in [9.17, 15) is 5.11 Å². The van der Waals surface area contributed by atoms with E-state index in [0.29, 0.717) is 12.1 Å². The highest BCUT2D eigenvalue weighted by Crippen LogP contribution is 2.37. The van der Waals surface area contributed by atoms with E-state index in [-0.39, 0.29) is 0 Å². The minimum Gasteiger partial charge on any atom is -0.390 e. The molecule has 2 fully saturated rings. The van der Waals surface area contributed by atoms with Crippen LogP contribution in [0.3, 0.4) is 0 Å². The van der Waals surface area contributed by atoms with Gasteiger partial charge in [0.2, 0.25) is 0 Å². The van der Waals surface area contributed by atoms with Crippen molar-refractivity contribution in [2.75, 3.05) is 13.2 Å². The van der Waals surface area contributed by atoms with Gasteiger partial charge in [-0.1, -0.05) is 36.4 Å². The molecule has 0 radical (unpaired) electrons. The number of aromatic nitrogens is 1. The fourth-order valence-corrected chi connectivity index (χ4v) is 4.31. The van der Waals surface area contributed by atoms with Crippen molar-refractivity contribution in [2.45, 2.75) is 49.9 Å². The second-order valence-electron chi connectivity index (χ2n) is 7.46. The third-order valence-corrected chi connectivity index (χ3v) is 5.57. The Morgan fingerprint density at radius 3 is 2.44 bits per heavy atom. The standard InChI is InChI=1S/C21H26N2O2/c24-21(10-9-18-8-4-5-11-22-18)12-19-15-25-16-20(13-21)23(19)14-17-6-2-1-3-7-17/h1-8,11,19-20,24H,9-10,12-16H2. The second-order valence-corrected chi connectivity index (χ2v) is 7.46. The fraction of sp³-hybridized carbons (Fsp3) is 0.476. The number of piperidine rings is 1. The maximum atomic E-state index is 11.2. The second kappa shape index (κ2) is 7.24. The molecule has 2 aliphatic heterocycles. The number of pyridine rings is 1. The van der Waals surface area contributed by atoms with Crippen molar-refractivity contribution < 1.29 is 9.84 Å². The van der Waals surface area contributed by atoms with E-state index < -0.39 is 5.60 Å². The van der Waals surface area contributed by atoms with Crippen LogP contribution in [-0.2, 0) is 17.7 Å². The van der Waals surface area contributed by atoms with Crippen molar-refractivity contribution in [2.24, 2.45) is 0 Å². The summed E-state index contributed by atoms with van der Waals surface area (Å²) < 4.78 is 5.80. The van der Waals surface area contributed by atoms with E-state index in [0.717, 1.165) is 51.1 Å². The molecule has 2 saturated heterocycles. The van der Waals surface area contributed by atoms with Crippen LogP contribution in [0, 0.1) is 0 Å². The molecule has 0 saturated carbocycles. The van der Waals surface area contributed by atoms with Crippen molar-refractivity contribution in [1.82, 2.24) is 9.88 Å².